The number of hydrogen-bond acceptors (Lipinski definition) is 2. The minimum atomic E-state index is 0.275. The standard InChI is InChI=1S/C13H21NO/c1-11-5-6-13(12(2)9-11)10-14(3)7-4-8-15/h5-6,9,15H,4,7-8,10H2,1-3H3. The van der Waals surface area contributed by atoms with Crippen LogP contribution < -0.4 is 0 Å². The third-order valence-corrected chi connectivity index (χ3v) is 2.64. The molecule has 1 rings (SSSR count). The average Bonchev–Trinajstić information content (AvgIpc) is 2.19. The molecule has 0 unspecified atom stereocenters. The van der Waals surface area contributed by atoms with Crippen LogP contribution in [0.2, 0.25) is 0 Å². The van der Waals surface area contributed by atoms with Gasteiger partial charge in [0.25, 0.3) is 0 Å². The third kappa shape index (κ3) is 4.02. The van der Waals surface area contributed by atoms with Gasteiger partial charge in [-0.2, -0.15) is 0 Å². The first-order valence-corrected chi connectivity index (χ1v) is 5.49. The van der Waals surface area contributed by atoms with Crippen molar-refractivity contribution in [2.45, 2.75) is 26.8 Å². The van der Waals surface area contributed by atoms with Crippen molar-refractivity contribution < 1.29 is 5.11 Å². The van der Waals surface area contributed by atoms with Gasteiger partial charge in [0.05, 0.1) is 0 Å². The molecule has 0 aliphatic rings. The topological polar surface area (TPSA) is 23.5 Å². The molecule has 1 N–H and O–H groups in total. The Kier molecular flexibility index (Phi) is 4.79. The largest absolute Gasteiger partial charge is 0.396 e. The lowest BCUT2D eigenvalue weighted by atomic mass is 10.1. The lowest BCUT2D eigenvalue weighted by Gasteiger charge is -2.17. The van der Waals surface area contributed by atoms with E-state index in [4.69, 9.17) is 5.11 Å². The molecule has 0 fully saturated rings. The Balaban J connectivity index is 2.56. The summed E-state index contributed by atoms with van der Waals surface area (Å²) >= 11 is 0. The highest BCUT2D eigenvalue weighted by Crippen LogP contribution is 2.12. The first kappa shape index (κ1) is 12.2. The molecule has 0 radical (unpaired) electrons. The van der Waals surface area contributed by atoms with Crippen LogP contribution in [0.15, 0.2) is 18.2 Å². The number of rotatable bonds is 5. The van der Waals surface area contributed by atoms with E-state index in [9.17, 15) is 0 Å². The normalized spacial score (nSPS) is 11.0. The lowest BCUT2D eigenvalue weighted by Crippen LogP contribution is -2.20. The van der Waals surface area contributed by atoms with Crippen molar-refractivity contribution in [2.24, 2.45) is 0 Å². The summed E-state index contributed by atoms with van der Waals surface area (Å²) < 4.78 is 0. The van der Waals surface area contributed by atoms with E-state index in [1.807, 2.05) is 0 Å². The number of benzene rings is 1. The molecule has 2 heteroatoms. The van der Waals surface area contributed by atoms with Gasteiger partial charge in [-0.1, -0.05) is 23.8 Å². The zero-order valence-electron chi connectivity index (χ0n) is 9.95. The molecule has 0 aromatic heterocycles. The number of hydrogen-bond donors (Lipinski definition) is 1. The average molecular weight is 207 g/mol. The fourth-order valence-electron chi connectivity index (χ4n) is 1.73. The Hall–Kier alpha value is -0.860. The minimum Gasteiger partial charge on any atom is -0.396 e. The first-order chi connectivity index (χ1) is 7.13. The Labute approximate surface area is 92.5 Å². The molecule has 1 aromatic rings. The minimum absolute atomic E-state index is 0.275. The quantitative estimate of drug-likeness (QED) is 0.799. The van der Waals surface area contributed by atoms with Gasteiger partial charge < -0.3 is 10.0 Å². The van der Waals surface area contributed by atoms with E-state index in [1.165, 1.54) is 16.7 Å². The highest BCUT2D eigenvalue weighted by atomic mass is 16.3. The van der Waals surface area contributed by atoms with E-state index >= 15 is 0 Å². The zero-order chi connectivity index (χ0) is 11.3. The van der Waals surface area contributed by atoms with Crippen LogP contribution in [0.25, 0.3) is 0 Å². The summed E-state index contributed by atoms with van der Waals surface area (Å²) in [4.78, 5) is 2.24. The fourth-order valence-corrected chi connectivity index (χ4v) is 1.73. The molecule has 2 nitrogen and oxygen atoms in total. The van der Waals surface area contributed by atoms with Gasteiger partial charge in [-0.15, -0.1) is 0 Å². The van der Waals surface area contributed by atoms with Crippen molar-refractivity contribution in [1.29, 1.82) is 0 Å². The van der Waals surface area contributed by atoms with Crippen LogP contribution in [0.3, 0.4) is 0 Å². The van der Waals surface area contributed by atoms with Gasteiger partial charge in [-0.3, -0.25) is 0 Å². The van der Waals surface area contributed by atoms with E-state index < -0.39 is 0 Å². The maximum atomic E-state index is 8.75. The van der Waals surface area contributed by atoms with Crippen molar-refractivity contribution >= 4 is 0 Å². The second-order valence-electron chi connectivity index (χ2n) is 4.24. The molecule has 15 heavy (non-hydrogen) atoms. The Morgan fingerprint density at radius 2 is 2.00 bits per heavy atom. The van der Waals surface area contributed by atoms with Gasteiger partial charge in [0.1, 0.15) is 0 Å². The smallest absolute Gasteiger partial charge is 0.0443 e. The van der Waals surface area contributed by atoms with Crippen molar-refractivity contribution in [3.8, 4) is 0 Å². The maximum absolute atomic E-state index is 8.75. The van der Waals surface area contributed by atoms with Gasteiger partial charge in [0.2, 0.25) is 0 Å². The molecule has 84 valence electrons. The number of aliphatic hydroxyl groups excluding tert-OH is 1. The molecule has 0 amide bonds. The third-order valence-electron chi connectivity index (χ3n) is 2.64. The van der Waals surface area contributed by atoms with Crippen LogP contribution in [0.5, 0.6) is 0 Å². The molecule has 0 saturated heterocycles. The molecular weight excluding hydrogens is 186 g/mol. The van der Waals surface area contributed by atoms with Crippen LogP contribution in [0, 0.1) is 13.8 Å². The predicted molar refractivity (Wildman–Crippen MR) is 64.0 cm³/mol. The fraction of sp³-hybridized carbons (Fsp3) is 0.538. The van der Waals surface area contributed by atoms with Gasteiger partial charge in [0, 0.05) is 19.7 Å². The number of aliphatic hydroxyl groups is 1. The van der Waals surface area contributed by atoms with Crippen LogP contribution in [0.4, 0.5) is 0 Å². The summed E-state index contributed by atoms with van der Waals surface area (Å²) in [6.45, 7) is 6.46. The Morgan fingerprint density at radius 1 is 1.27 bits per heavy atom. The molecule has 0 bridgehead atoms. The van der Waals surface area contributed by atoms with E-state index in [2.05, 4.69) is 44.0 Å². The van der Waals surface area contributed by atoms with E-state index in [0.29, 0.717) is 0 Å². The van der Waals surface area contributed by atoms with Gasteiger partial charge >= 0.3 is 0 Å². The molecule has 0 aliphatic carbocycles. The summed E-state index contributed by atoms with van der Waals surface area (Å²) in [7, 11) is 2.09. The highest BCUT2D eigenvalue weighted by Gasteiger charge is 2.02. The number of nitrogens with zero attached hydrogens (tertiary/aromatic N) is 1. The van der Waals surface area contributed by atoms with Crippen molar-refractivity contribution in [2.75, 3.05) is 20.2 Å². The van der Waals surface area contributed by atoms with Crippen molar-refractivity contribution in [3.05, 3.63) is 34.9 Å². The first-order valence-electron chi connectivity index (χ1n) is 5.49. The summed E-state index contributed by atoms with van der Waals surface area (Å²) in [6, 6.07) is 6.57. The molecule has 1 aromatic carbocycles. The molecule has 0 aliphatic heterocycles. The van der Waals surface area contributed by atoms with Crippen LogP contribution in [-0.4, -0.2) is 30.2 Å². The second kappa shape index (κ2) is 5.89. The Bertz CT molecular complexity index is 309. The van der Waals surface area contributed by atoms with Crippen LogP contribution in [0.1, 0.15) is 23.1 Å². The zero-order valence-corrected chi connectivity index (χ0v) is 9.95. The van der Waals surface area contributed by atoms with E-state index in [0.717, 1.165) is 19.5 Å². The number of aryl methyl sites for hydroxylation is 2. The molecule has 0 heterocycles. The summed E-state index contributed by atoms with van der Waals surface area (Å²) in [5.41, 5.74) is 4.04. The predicted octanol–water partition coefficient (Wildman–Crippen LogP) is 2.12. The highest BCUT2D eigenvalue weighted by molar-refractivity contribution is 5.30. The monoisotopic (exact) mass is 207 g/mol. The van der Waals surface area contributed by atoms with Gasteiger partial charge in [0.15, 0.2) is 0 Å². The maximum Gasteiger partial charge on any atom is 0.0443 e. The molecule has 0 saturated carbocycles. The summed E-state index contributed by atoms with van der Waals surface area (Å²) in [5.74, 6) is 0. The second-order valence-corrected chi connectivity index (χ2v) is 4.24. The van der Waals surface area contributed by atoms with Gasteiger partial charge in [-0.05, 0) is 38.4 Å². The van der Waals surface area contributed by atoms with Crippen LogP contribution in [-0.2, 0) is 6.54 Å². The lowest BCUT2D eigenvalue weighted by molar-refractivity contribution is 0.244. The van der Waals surface area contributed by atoms with Gasteiger partial charge in [-0.25, -0.2) is 0 Å². The van der Waals surface area contributed by atoms with E-state index in [1.54, 1.807) is 0 Å². The summed E-state index contributed by atoms with van der Waals surface area (Å²) in [6.07, 6.45) is 0.849. The van der Waals surface area contributed by atoms with Crippen molar-refractivity contribution in [1.82, 2.24) is 4.90 Å². The Morgan fingerprint density at radius 3 is 2.60 bits per heavy atom. The summed E-state index contributed by atoms with van der Waals surface area (Å²) in [5, 5.41) is 8.75. The van der Waals surface area contributed by atoms with Crippen LogP contribution >= 0.6 is 0 Å². The van der Waals surface area contributed by atoms with Crippen molar-refractivity contribution in [3.63, 3.8) is 0 Å². The molecular formula is C13H21NO. The molecule has 0 spiro atoms. The van der Waals surface area contributed by atoms with E-state index in [-0.39, 0.29) is 6.61 Å². The molecule has 0 atom stereocenters. The SMILES string of the molecule is Cc1ccc(CN(C)CCCO)c(C)c1.